The van der Waals surface area contributed by atoms with E-state index in [0.717, 1.165) is 6.42 Å². The molecule has 1 saturated heterocycles. The van der Waals surface area contributed by atoms with Gasteiger partial charge in [0.15, 0.2) is 0 Å². The summed E-state index contributed by atoms with van der Waals surface area (Å²) in [6.07, 6.45) is 1.75. The summed E-state index contributed by atoms with van der Waals surface area (Å²) in [6, 6.07) is -0.209. The maximum Gasteiger partial charge on any atom is 0.329 e. The van der Waals surface area contributed by atoms with Gasteiger partial charge in [0.25, 0.3) is 0 Å². The number of carboxylic acid groups (broad SMARTS) is 1. The van der Waals surface area contributed by atoms with Crippen molar-refractivity contribution in [2.75, 3.05) is 6.54 Å². The molecule has 0 aromatic carbocycles. The lowest BCUT2D eigenvalue weighted by molar-refractivity contribution is -0.148. The topological polar surface area (TPSA) is 69.6 Å². The molecule has 0 radical (unpaired) electrons. The maximum absolute atomic E-state index is 12.2. The van der Waals surface area contributed by atoms with Crippen LogP contribution in [0.25, 0.3) is 0 Å². The lowest BCUT2D eigenvalue weighted by Gasteiger charge is -2.35. The van der Waals surface area contributed by atoms with E-state index in [9.17, 15) is 14.7 Å². The Balaban J connectivity index is 2.81. The molecule has 1 rings (SSSR count). The van der Waals surface area contributed by atoms with Gasteiger partial charge in [-0.2, -0.15) is 0 Å². The van der Waals surface area contributed by atoms with Crippen LogP contribution in [-0.4, -0.2) is 40.1 Å². The van der Waals surface area contributed by atoms with Gasteiger partial charge in [0, 0.05) is 12.6 Å². The molecule has 5 nitrogen and oxygen atoms in total. The van der Waals surface area contributed by atoms with Gasteiger partial charge in [-0.15, -0.1) is 0 Å². The van der Waals surface area contributed by atoms with Gasteiger partial charge in [0.05, 0.1) is 0 Å². The largest absolute Gasteiger partial charge is 0.479 e. The van der Waals surface area contributed by atoms with Crippen molar-refractivity contribution in [1.29, 1.82) is 0 Å². The summed E-state index contributed by atoms with van der Waals surface area (Å²) in [5, 5.41) is 12.3. The van der Waals surface area contributed by atoms with Crippen LogP contribution in [0.1, 0.15) is 47.0 Å². The molecule has 1 aliphatic rings. The molecule has 0 aliphatic carbocycles. The van der Waals surface area contributed by atoms with Crippen LogP contribution in [0.2, 0.25) is 0 Å². The Morgan fingerprint density at radius 1 is 1.39 bits per heavy atom. The first-order chi connectivity index (χ1) is 8.35. The Hall–Kier alpha value is -1.26. The van der Waals surface area contributed by atoms with Gasteiger partial charge in [0.1, 0.15) is 5.54 Å². The molecule has 2 N–H and O–H groups in total. The van der Waals surface area contributed by atoms with Gasteiger partial charge in [-0.3, -0.25) is 0 Å². The average Bonchev–Trinajstić information content (AvgIpc) is 2.73. The van der Waals surface area contributed by atoms with Gasteiger partial charge in [-0.05, 0) is 32.1 Å². The van der Waals surface area contributed by atoms with Crippen LogP contribution >= 0.6 is 0 Å². The summed E-state index contributed by atoms with van der Waals surface area (Å²) >= 11 is 0. The Bertz CT molecular complexity index is 330. The fourth-order valence-electron chi connectivity index (χ4n) is 2.36. The summed E-state index contributed by atoms with van der Waals surface area (Å²) < 4.78 is 0. The summed E-state index contributed by atoms with van der Waals surface area (Å²) in [5.41, 5.74) is -1.01. The third kappa shape index (κ3) is 2.60. The minimum absolute atomic E-state index is 0.0430. The zero-order valence-corrected chi connectivity index (χ0v) is 11.7. The van der Waals surface area contributed by atoms with E-state index < -0.39 is 11.5 Å². The first-order valence-corrected chi connectivity index (χ1v) is 6.66. The van der Waals surface area contributed by atoms with Crippen molar-refractivity contribution in [3.8, 4) is 0 Å². The summed E-state index contributed by atoms with van der Waals surface area (Å²) in [5.74, 6) is -0.563. The average molecular weight is 256 g/mol. The van der Waals surface area contributed by atoms with Gasteiger partial charge < -0.3 is 15.3 Å². The number of nitrogens with one attached hydrogen (secondary N) is 1. The lowest BCUT2D eigenvalue weighted by atomic mass is 9.93. The second-order valence-corrected chi connectivity index (χ2v) is 5.43. The molecule has 1 heterocycles. The van der Waals surface area contributed by atoms with E-state index in [1.165, 1.54) is 4.90 Å². The fourth-order valence-corrected chi connectivity index (χ4v) is 2.36. The van der Waals surface area contributed by atoms with Crippen LogP contribution in [0, 0.1) is 5.92 Å². The molecule has 1 aliphatic heterocycles. The number of hydrogen-bond donors (Lipinski definition) is 2. The highest BCUT2D eigenvalue weighted by Crippen LogP contribution is 2.32. The smallest absolute Gasteiger partial charge is 0.329 e. The number of carbonyl (C=O) groups is 2. The predicted octanol–water partition coefficient (Wildman–Crippen LogP) is 2.07. The van der Waals surface area contributed by atoms with Gasteiger partial charge in [-0.25, -0.2) is 9.59 Å². The van der Waals surface area contributed by atoms with Crippen molar-refractivity contribution in [2.24, 2.45) is 5.92 Å². The molecule has 1 fully saturated rings. The van der Waals surface area contributed by atoms with Crippen LogP contribution in [0.15, 0.2) is 0 Å². The van der Waals surface area contributed by atoms with Crippen LogP contribution in [-0.2, 0) is 4.79 Å². The van der Waals surface area contributed by atoms with E-state index in [1.807, 2.05) is 27.7 Å². The molecular weight excluding hydrogens is 232 g/mol. The molecule has 0 aromatic rings. The van der Waals surface area contributed by atoms with Crippen molar-refractivity contribution in [3.05, 3.63) is 0 Å². The fraction of sp³-hybridized carbons (Fsp3) is 0.846. The summed E-state index contributed by atoms with van der Waals surface area (Å²) in [6.45, 7) is 8.34. The number of rotatable bonds is 4. The highest BCUT2D eigenvalue weighted by Gasteiger charge is 2.48. The predicted molar refractivity (Wildman–Crippen MR) is 69.4 cm³/mol. The molecule has 0 saturated carbocycles. The first-order valence-electron chi connectivity index (χ1n) is 6.66. The number of aliphatic carboxylic acids is 1. The molecular formula is C13H24N2O3. The summed E-state index contributed by atoms with van der Waals surface area (Å²) in [7, 11) is 0. The minimum Gasteiger partial charge on any atom is -0.479 e. The van der Waals surface area contributed by atoms with Gasteiger partial charge >= 0.3 is 12.0 Å². The number of urea groups is 1. The maximum atomic E-state index is 12.2. The van der Waals surface area contributed by atoms with E-state index in [4.69, 9.17) is 0 Å². The van der Waals surface area contributed by atoms with Gasteiger partial charge in [-0.1, -0.05) is 20.8 Å². The Kier molecular flexibility index (Phi) is 4.59. The number of hydrogen-bond acceptors (Lipinski definition) is 2. The molecule has 5 heteroatoms. The van der Waals surface area contributed by atoms with Crippen molar-refractivity contribution in [2.45, 2.75) is 58.5 Å². The lowest BCUT2D eigenvalue weighted by Crippen LogP contribution is -2.57. The van der Waals surface area contributed by atoms with E-state index in [1.54, 1.807) is 0 Å². The zero-order chi connectivity index (χ0) is 13.9. The van der Waals surface area contributed by atoms with Crippen molar-refractivity contribution < 1.29 is 14.7 Å². The van der Waals surface area contributed by atoms with Crippen molar-refractivity contribution >= 4 is 12.0 Å². The highest BCUT2D eigenvalue weighted by atomic mass is 16.4. The SMILES string of the molecule is CCC1(C(=O)O)CCCN1C(=O)NC(C)C(C)C. The first kappa shape index (κ1) is 14.8. The molecule has 104 valence electrons. The van der Waals surface area contributed by atoms with E-state index in [2.05, 4.69) is 5.32 Å². The van der Waals surface area contributed by atoms with E-state index in [0.29, 0.717) is 25.3 Å². The Labute approximate surface area is 109 Å². The van der Waals surface area contributed by atoms with Gasteiger partial charge in [0.2, 0.25) is 0 Å². The minimum atomic E-state index is -1.01. The Morgan fingerprint density at radius 2 is 2.00 bits per heavy atom. The molecule has 0 aromatic heterocycles. The van der Waals surface area contributed by atoms with Crippen LogP contribution in [0.5, 0.6) is 0 Å². The molecule has 2 atom stereocenters. The third-order valence-electron chi connectivity index (χ3n) is 4.07. The quantitative estimate of drug-likeness (QED) is 0.809. The second-order valence-electron chi connectivity index (χ2n) is 5.43. The zero-order valence-electron chi connectivity index (χ0n) is 11.7. The van der Waals surface area contributed by atoms with Crippen molar-refractivity contribution in [3.63, 3.8) is 0 Å². The van der Waals surface area contributed by atoms with Crippen LogP contribution in [0.3, 0.4) is 0 Å². The monoisotopic (exact) mass is 256 g/mol. The number of carboxylic acids is 1. The van der Waals surface area contributed by atoms with Crippen LogP contribution in [0.4, 0.5) is 4.79 Å². The Morgan fingerprint density at radius 3 is 2.44 bits per heavy atom. The van der Waals surface area contributed by atoms with E-state index >= 15 is 0 Å². The molecule has 2 amide bonds. The molecule has 18 heavy (non-hydrogen) atoms. The van der Waals surface area contributed by atoms with Crippen LogP contribution < -0.4 is 5.32 Å². The molecule has 0 spiro atoms. The number of carbonyl (C=O) groups excluding carboxylic acids is 1. The number of nitrogens with zero attached hydrogens (tertiary/aromatic N) is 1. The van der Waals surface area contributed by atoms with E-state index in [-0.39, 0.29) is 12.1 Å². The normalized spacial score (nSPS) is 25.3. The van der Waals surface area contributed by atoms with Crippen molar-refractivity contribution in [1.82, 2.24) is 10.2 Å². The summed E-state index contributed by atoms with van der Waals surface area (Å²) in [4.78, 5) is 25.2. The highest BCUT2D eigenvalue weighted by molar-refractivity contribution is 5.87. The number of likely N-dealkylation sites (tertiary alicyclic amines) is 1. The second kappa shape index (κ2) is 5.59. The molecule has 2 unspecified atom stereocenters. The molecule has 0 bridgehead atoms. The standard InChI is InChI=1S/C13H24N2O3/c1-5-13(11(16)17)7-6-8-15(13)12(18)14-10(4)9(2)3/h9-10H,5-8H2,1-4H3,(H,14,18)(H,16,17). The third-order valence-corrected chi connectivity index (χ3v) is 4.07. The number of amides is 2.